The standard InChI is InChI=1S/C22H30N8O.C2H6/c1-14-10-17-13-30(22(31)29-20(17)27-14)19-6-4-16(5-7-19)15(2)25-8-3-9-26-21(23)28-18-11-24-12-18;1-2/h4-7,10,13,15,18,24-25H,3,8-9,11-12H2,1-2H3,(H3,23,26,28)(H,27,29,31);1-2H3. The van der Waals surface area contributed by atoms with E-state index < -0.39 is 0 Å². The lowest BCUT2D eigenvalue weighted by molar-refractivity contribution is 0.410. The Morgan fingerprint density at radius 2 is 2.03 bits per heavy atom. The van der Waals surface area contributed by atoms with Gasteiger partial charge in [0.1, 0.15) is 5.65 Å². The van der Waals surface area contributed by atoms with Crippen LogP contribution in [0.5, 0.6) is 0 Å². The minimum atomic E-state index is -0.295. The second-order valence-corrected chi connectivity index (χ2v) is 8.04. The highest BCUT2D eigenvalue weighted by molar-refractivity contribution is 5.78. The van der Waals surface area contributed by atoms with Crippen LogP contribution in [-0.4, -0.2) is 52.7 Å². The molecule has 0 radical (unpaired) electrons. The van der Waals surface area contributed by atoms with Gasteiger partial charge < -0.3 is 26.7 Å². The first-order chi connectivity index (χ1) is 16.0. The number of aromatic amines is 1. The Labute approximate surface area is 194 Å². The first-order valence-electron chi connectivity index (χ1n) is 11.7. The van der Waals surface area contributed by atoms with Crippen LogP contribution in [0.4, 0.5) is 0 Å². The van der Waals surface area contributed by atoms with Crippen LogP contribution >= 0.6 is 0 Å². The molecule has 0 bridgehead atoms. The van der Waals surface area contributed by atoms with E-state index in [2.05, 4.69) is 37.8 Å². The fourth-order valence-corrected chi connectivity index (χ4v) is 3.60. The van der Waals surface area contributed by atoms with E-state index >= 15 is 0 Å². The molecule has 0 saturated carbocycles. The van der Waals surface area contributed by atoms with E-state index in [0.717, 1.165) is 48.4 Å². The largest absolute Gasteiger partial charge is 0.370 e. The highest BCUT2D eigenvalue weighted by atomic mass is 16.1. The molecule has 1 unspecified atom stereocenters. The third-order valence-corrected chi connectivity index (χ3v) is 5.52. The van der Waals surface area contributed by atoms with Gasteiger partial charge in [-0.1, -0.05) is 26.0 Å². The predicted molar refractivity (Wildman–Crippen MR) is 135 cm³/mol. The molecule has 178 valence electrons. The zero-order valence-electron chi connectivity index (χ0n) is 20.0. The summed E-state index contributed by atoms with van der Waals surface area (Å²) < 4.78 is 1.58. The van der Waals surface area contributed by atoms with Gasteiger partial charge >= 0.3 is 5.69 Å². The Hall–Kier alpha value is -3.17. The van der Waals surface area contributed by atoms with Crippen LogP contribution in [-0.2, 0) is 0 Å². The van der Waals surface area contributed by atoms with Crippen LogP contribution in [0.3, 0.4) is 0 Å². The van der Waals surface area contributed by atoms with Crippen molar-refractivity contribution in [3.05, 3.63) is 58.3 Å². The Morgan fingerprint density at radius 1 is 1.30 bits per heavy atom. The van der Waals surface area contributed by atoms with E-state index in [4.69, 9.17) is 5.73 Å². The van der Waals surface area contributed by atoms with Crippen LogP contribution < -0.4 is 27.4 Å². The fourth-order valence-electron chi connectivity index (χ4n) is 3.60. The molecule has 0 amide bonds. The normalized spacial score (nSPS) is 15.0. The van der Waals surface area contributed by atoms with Crippen molar-refractivity contribution in [2.45, 2.75) is 46.2 Å². The highest BCUT2D eigenvalue weighted by Crippen LogP contribution is 2.17. The molecular weight excluding hydrogens is 416 g/mol. The van der Waals surface area contributed by atoms with Crippen molar-refractivity contribution in [1.82, 2.24) is 30.5 Å². The lowest BCUT2D eigenvalue weighted by Gasteiger charge is -2.28. The average molecular weight is 453 g/mol. The monoisotopic (exact) mass is 452 g/mol. The Kier molecular flexibility index (Phi) is 8.62. The molecule has 1 fully saturated rings. The summed E-state index contributed by atoms with van der Waals surface area (Å²) in [5.41, 5.74) is 9.15. The fraction of sp³-hybridized carbons (Fsp3) is 0.458. The molecule has 1 aliphatic heterocycles. The maximum Gasteiger partial charge on any atom is 0.354 e. The third kappa shape index (κ3) is 6.43. The van der Waals surface area contributed by atoms with Gasteiger partial charge in [-0.3, -0.25) is 9.56 Å². The lowest BCUT2D eigenvalue weighted by Crippen LogP contribution is -2.58. The number of hydrogen-bond donors (Lipinski definition) is 5. The summed E-state index contributed by atoms with van der Waals surface area (Å²) in [6.45, 7) is 11.5. The molecule has 6 N–H and O–H groups in total. The number of nitrogens with zero attached hydrogens (tertiary/aromatic N) is 3. The molecule has 4 rings (SSSR count). The smallest absolute Gasteiger partial charge is 0.354 e. The Bertz CT molecular complexity index is 1110. The summed E-state index contributed by atoms with van der Waals surface area (Å²) in [5.74, 6) is 0.521. The summed E-state index contributed by atoms with van der Waals surface area (Å²) in [7, 11) is 0. The van der Waals surface area contributed by atoms with E-state index in [1.165, 1.54) is 0 Å². The van der Waals surface area contributed by atoms with E-state index in [9.17, 15) is 4.79 Å². The molecule has 3 aromatic rings. The molecule has 9 heteroatoms. The molecule has 1 atom stereocenters. The lowest BCUT2D eigenvalue weighted by atomic mass is 10.1. The van der Waals surface area contributed by atoms with Gasteiger partial charge in [0, 0.05) is 43.0 Å². The first-order valence-corrected chi connectivity index (χ1v) is 11.7. The molecule has 3 heterocycles. The van der Waals surface area contributed by atoms with Gasteiger partial charge in [-0.25, -0.2) is 4.79 Å². The number of benzene rings is 1. The molecule has 2 aromatic heterocycles. The zero-order valence-corrected chi connectivity index (χ0v) is 20.0. The Balaban J connectivity index is 0.00000149. The number of aryl methyl sites for hydroxylation is 1. The van der Waals surface area contributed by atoms with Crippen molar-refractivity contribution in [3.63, 3.8) is 0 Å². The van der Waals surface area contributed by atoms with Crippen molar-refractivity contribution in [3.8, 4) is 5.69 Å². The van der Waals surface area contributed by atoms with Crippen LogP contribution in [0, 0.1) is 6.92 Å². The maximum absolute atomic E-state index is 12.4. The minimum Gasteiger partial charge on any atom is -0.370 e. The van der Waals surface area contributed by atoms with Gasteiger partial charge in [0.05, 0.1) is 11.7 Å². The van der Waals surface area contributed by atoms with Crippen molar-refractivity contribution < 1.29 is 0 Å². The molecule has 1 saturated heterocycles. The molecular formula is C24H36N8O. The maximum atomic E-state index is 12.4. The number of aromatic nitrogens is 3. The number of nitrogens with one attached hydrogen (secondary N) is 4. The highest BCUT2D eigenvalue weighted by Gasteiger charge is 2.16. The molecule has 9 nitrogen and oxygen atoms in total. The van der Waals surface area contributed by atoms with Gasteiger partial charge in [-0.2, -0.15) is 4.98 Å². The van der Waals surface area contributed by atoms with E-state index in [1.807, 2.05) is 57.3 Å². The minimum absolute atomic E-state index is 0.194. The number of aliphatic imine (C=N–C) groups is 1. The second kappa shape index (κ2) is 11.6. The zero-order chi connectivity index (χ0) is 23.8. The molecule has 1 aromatic carbocycles. The van der Waals surface area contributed by atoms with Gasteiger partial charge in [0.15, 0.2) is 5.96 Å². The number of guanidine groups is 1. The first kappa shape index (κ1) is 24.5. The van der Waals surface area contributed by atoms with Crippen molar-refractivity contribution in [1.29, 1.82) is 0 Å². The van der Waals surface area contributed by atoms with E-state index in [-0.39, 0.29) is 11.7 Å². The Morgan fingerprint density at radius 3 is 2.70 bits per heavy atom. The van der Waals surface area contributed by atoms with Crippen molar-refractivity contribution in [2.75, 3.05) is 26.2 Å². The topological polar surface area (TPSA) is 125 Å². The third-order valence-electron chi connectivity index (χ3n) is 5.52. The van der Waals surface area contributed by atoms with Crippen molar-refractivity contribution in [2.24, 2.45) is 10.7 Å². The van der Waals surface area contributed by atoms with Gasteiger partial charge in [0.25, 0.3) is 0 Å². The number of hydrogen-bond acceptors (Lipinski definition) is 5. The number of nitrogens with two attached hydrogens (primary N) is 1. The van der Waals surface area contributed by atoms with Crippen LogP contribution in [0.2, 0.25) is 0 Å². The number of rotatable bonds is 8. The van der Waals surface area contributed by atoms with Crippen LogP contribution in [0.1, 0.15) is 44.5 Å². The molecule has 0 spiro atoms. The summed E-state index contributed by atoms with van der Waals surface area (Å²) in [6, 6.07) is 10.6. The van der Waals surface area contributed by atoms with Crippen LogP contribution in [0.15, 0.2) is 46.3 Å². The summed E-state index contributed by atoms with van der Waals surface area (Å²) in [4.78, 5) is 24.0. The van der Waals surface area contributed by atoms with E-state index in [1.54, 1.807) is 4.57 Å². The van der Waals surface area contributed by atoms with Gasteiger partial charge in [0.2, 0.25) is 0 Å². The quantitative estimate of drug-likeness (QED) is 0.202. The SMILES string of the molecule is CC.Cc1cc2cn(-c3ccc(C(C)NCCCN=C(N)NC4CNC4)cc3)c(=O)nc2[nH]1. The summed E-state index contributed by atoms with van der Waals surface area (Å²) in [5, 5.41) is 10.8. The number of fused-ring (bicyclic) bond motifs is 1. The molecule has 0 aliphatic carbocycles. The number of H-pyrrole nitrogens is 1. The average Bonchev–Trinajstić information content (AvgIpc) is 3.15. The van der Waals surface area contributed by atoms with Gasteiger partial charge in [-0.05, 0) is 50.6 Å². The molecule has 1 aliphatic rings. The van der Waals surface area contributed by atoms with Crippen molar-refractivity contribution >= 4 is 17.0 Å². The van der Waals surface area contributed by atoms with Gasteiger partial charge in [-0.15, -0.1) is 0 Å². The summed E-state index contributed by atoms with van der Waals surface area (Å²) >= 11 is 0. The summed E-state index contributed by atoms with van der Waals surface area (Å²) in [6.07, 6.45) is 2.73. The second-order valence-electron chi connectivity index (χ2n) is 8.04. The van der Waals surface area contributed by atoms with Crippen LogP contribution in [0.25, 0.3) is 16.7 Å². The molecule has 33 heavy (non-hydrogen) atoms. The predicted octanol–water partition coefficient (Wildman–Crippen LogP) is 1.97. The van der Waals surface area contributed by atoms with E-state index in [0.29, 0.717) is 24.2 Å².